The molecule has 25 heavy (non-hydrogen) atoms. The number of amides is 1. The molecule has 2 rings (SSSR count). The predicted octanol–water partition coefficient (Wildman–Crippen LogP) is 1.63. The Balaban J connectivity index is 2.21. The highest BCUT2D eigenvalue weighted by atomic mass is 32.2. The van der Waals surface area contributed by atoms with E-state index in [1.54, 1.807) is 38.2 Å². The van der Waals surface area contributed by atoms with Gasteiger partial charge in [-0.25, -0.2) is 18.1 Å². The van der Waals surface area contributed by atoms with Crippen LogP contribution in [0.4, 0.5) is 0 Å². The first kappa shape index (κ1) is 18.9. The number of aromatic nitrogens is 1. The van der Waals surface area contributed by atoms with Gasteiger partial charge in [-0.2, -0.15) is 0 Å². The molecule has 1 aromatic heterocycles. The highest BCUT2D eigenvalue weighted by Crippen LogP contribution is 2.17. The fourth-order valence-electron chi connectivity index (χ4n) is 2.30. The standard InChI is InChI=1S/C17H21N3O4S/c1-4-20-25(22,23)14-8-7-12(2)15(10-14)16(21)19-11-13-6-5-9-18-17(13)24-3/h5-10,20H,4,11H2,1-3H3,(H,19,21). The highest BCUT2D eigenvalue weighted by Gasteiger charge is 2.17. The quantitative estimate of drug-likeness (QED) is 0.779. The van der Waals surface area contributed by atoms with Gasteiger partial charge in [-0.1, -0.05) is 19.1 Å². The molecule has 0 aliphatic carbocycles. The Kier molecular flexibility index (Phi) is 6.11. The fraction of sp³-hybridized carbons (Fsp3) is 0.294. The molecule has 8 heteroatoms. The molecule has 0 atom stereocenters. The van der Waals surface area contributed by atoms with Crippen molar-refractivity contribution < 1.29 is 17.9 Å². The third-order valence-corrected chi connectivity index (χ3v) is 5.12. The van der Waals surface area contributed by atoms with Gasteiger partial charge in [-0.3, -0.25) is 4.79 Å². The van der Waals surface area contributed by atoms with Crippen molar-refractivity contribution in [1.82, 2.24) is 15.0 Å². The molecule has 0 fully saturated rings. The Labute approximate surface area is 147 Å². The Morgan fingerprint density at radius 3 is 2.72 bits per heavy atom. The van der Waals surface area contributed by atoms with E-state index in [1.165, 1.54) is 19.2 Å². The average molecular weight is 363 g/mol. The summed E-state index contributed by atoms with van der Waals surface area (Å²) in [7, 11) is -2.11. The molecule has 2 N–H and O–H groups in total. The van der Waals surface area contributed by atoms with Gasteiger partial charge in [0.15, 0.2) is 0 Å². The van der Waals surface area contributed by atoms with Gasteiger partial charge in [0, 0.05) is 30.4 Å². The van der Waals surface area contributed by atoms with Crippen molar-refractivity contribution in [2.75, 3.05) is 13.7 Å². The smallest absolute Gasteiger partial charge is 0.251 e. The zero-order valence-corrected chi connectivity index (χ0v) is 15.2. The summed E-state index contributed by atoms with van der Waals surface area (Å²) >= 11 is 0. The summed E-state index contributed by atoms with van der Waals surface area (Å²) in [6, 6.07) is 8.02. The second-order valence-corrected chi connectivity index (χ2v) is 7.10. The maximum absolute atomic E-state index is 12.5. The third-order valence-electron chi connectivity index (χ3n) is 3.58. The molecule has 0 unspecified atom stereocenters. The number of hydrogen-bond donors (Lipinski definition) is 2. The Hall–Kier alpha value is -2.45. The zero-order valence-electron chi connectivity index (χ0n) is 14.4. The van der Waals surface area contributed by atoms with E-state index in [-0.39, 0.29) is 23.9 Å². The van der Waals surface area contributed by atoms with Crippen molar-refractivity contribution in [2.45, 2.75) is 25.3 Å². The highest BCUT2D eigenvalue weighted by molar-refractivity contribution is 7.89. The van der Waals surface area contributed by atoms with E-state index in [9.17, 15) is 13.2 Å². The van der Waals surface area contributed by atoms with Crippen LogP contribution in [0.3, 0.4) is 0 Å². The predicted molar refractivity (Wildman–Crippen MR) is 94.0 cm³/mol. The van der Waals surface area contributed by atoms with Crippen LogP contribution in [0.2, 0.25) is 0 Å². The van der Waals surface area contributed by atoms with E-state index in [0.29, 0.717) is 17.0 Å². The van der Waals surface area contributed by atoms with Gasteiger partial charge >= 0.3 is 0 Å². The van der Waals surface area contributed by atoms with E-state index in [4.69, 9.17) is 4.74 Å². The van der Waals surface area contributed by atoms with Gasteiger partial charge < -0.3 is 10.1 Å². The average Bonchev–Trinajstić information content (AvgIpc) is 2.60. The molecule has 1 aromatic carbocycles. The Morgan fingerprint density at radius 2 is 2.04 bits per heavy atom. The lowest BCUT2D eigenvalue weighted by Gasteiger charge is -2.11. The maximum Gasteiger partial charge on any atom is 0.251 e. The molecule has 0 spiro atoms. The minimum Gasteiger partial charge on any atom is -0.481 e. The number of ether oxygens (including phenoxy) is 1. The monoisotopic (exact) mass is 363 g/mol. The number of sulfonamides is 1. The number of benzene rings is 1. The van der Waals surface area contributed by atoms with Crippen LogP contribution in [0.5, 0.6) is 5.88 Å². The molecule has 0 aliphatic rings. The SMILES string of the molecule is CCNS(=O)(=O)c1ccc(C)c(C(=O)NCc2cccnc2OC)c1. The molecule has 2 aromatic rings. The van der Waals surface area contributed by atoms with Crippen molar-refractivity contribution in [2.24, 2.45) is 0 Å². The molecule has 1 amide bonds. The van der Waals surface area contributed by atoms with Gasteiger partial charge in [0.1, 0.15) is 0 Å². The molecule has 0 aliphatic heterocycles. The molecule has 134 valence electrons. The topological polar surface area (TPSA) is 97.4 Å². The van der Waals surface area contributed by atoms with Crippen LogP contribution in [0.1, 0.15) is 28.4 Å². The van der Waals surface area contributed by atoms with Gasteiger partial charge in [0.2, 0.25) is 15.9 Å². The summed E-state index contributed by atoms with van der Waals surface area (Å²) in [5, 5.41) is 2.77. The van der Waals surface area contributed by atoms with E-state index in [1.807, 2.05) is 0 Å². The van der Waals surface area contributed by atoms with Crippen molar-refractivity contribution in [3.05, 3.63) is 53.2 Å². The summed E-state index contributed by atoms with van der Waals surface area (Å²) in [6.45, 7) is 3.95. The summed E-state index contributed by atoms with van der Waals surface area (Å²) in [6.07, 6.45) is 1.60. The van der Waals surface area contributed by atoms with Crippen molar-refractivity contribution in [3.63, 3.8) is 0 Å². The molecule has 0 bridgehead atoms. The largest absolute Gasteiger partial charge is 0.481 e. The van der Waals surface area contributed by atoms with Crippen molar-refractivity contribution >= 4 is 15.9 Å². The van der Waals surface area contributed by atoms with E-state index in [2.05, 4.69) is 15.0 Å². The van der Waals surface area contributed by atoms with E-state index in [0.717, 1.165) is 5.56 Å². The molecule has 0 radical (unpaired) electrons. The third kappa shape index (κ3) is 4.55. The number of carbonyl (C=O) groups is 1. The summed E-state index contributed by atoms with van der Waals surface area (Å²) in [5.74, 6) is 0.0694. The summed E-state index contributed by atoms with van der Waals surface area (Å²) in [5.41, 5.74) is 1.72. The first-order valence-electron chi connectivity index (χ1n) is 7.75. The number of nitrogens with zero attached hydrogens (tertiary/aromatic N) is 1. The Morgan fingerprint density at radius 1 is 1.28 bits per heavy atom. The lowest BCUT2D eigenvalue weighted by atomic mass is 10.1. The van der Waals surface area contributed by atoms with Crippen LogP contribution in [0.25, 0.3) is 0 Å². The number of carbonyl (C=O) groups excluding carboxylic acids is 1. The minimum absolute atomic E-state index is 0.0593. The van der Waals surface area contributed by atoms with E-state index < -0.39 is 10.0 Å². The van der Waals surface area contributed by atoms with E-state index >= 15 is 0 Å². The van der Waals surface area contributed by atoms with Crippen molar-refractivity contribution in [1.29, 1.82) is 0 Å². The van der Waals surface area contributed by atoms with Crippen LogP contribution in [-0.2, 0) is 16.6 Å². The number of pyridine rings is 1. The number of methoxy groups -OCH3 is 1. The van der Waals surface area contributed by atoms with Crippen molar-refractivity contribution in [3.8, 4) is 5.88 Å². The van der Waals surface area contributed by atoms with Gasteiger partial charge in [-0.05, 0) is 30.7 Å². The number of hydrogen-bond acceptors (Lipinski definition) is 5. The number of aryl methyl sites for hydroxylation is 1. The summed E-state index contributed by atoms with van der Waals surface area (Å²) in [4.78, 5) is 16.6. The molecule has 1 heterocycles. The van der Waals surface area contributed by atoms with Crippen LogP contribution >= 0.6 is 0 Å². The molecule has 7 nitrogen and oxygen atoms in total. The molecule has 0 saturated heterocycles. The first-order valence-corrected chi connectivity index (χ1v) is 9.23. The maximum atomic E-state index is 12.5. The Bertz CT molecular complexity index is 866. The zero-order chi connectivity index (χ0) is 18.4. The van der Waals surface area contributed by atoms with Crippen LogP contribution < -0.4 is 14.8 Å². The second kappa shape index (κ2) is 8.09. The second-order valence-electron chi connectivity index (χ2n) is 5.33. The minimum atomic E-state index is -3.62. The van der Waals surface area contributed by atoms with Gasteiger partial charge in [0.25, 0.3) is 5.91 Å². The lowest BCUT2D eigenvalue weighted by molar-refractivity contribution is 0.0950. The fourth-order valence-corrected chi connectivity index (χ4v) is 3.37. The number of nitrogens with one attached hydrogen (secondary N) is 2. The van der Waals surface area contributed by atoms with Crippen LogP contribution in [0, 0.1) is 6.92 Å². The molecular weight excluding hydrogens is 342 g/mol. The molecule has 0 saturated carbocycles. The first-order chi connectivity index (χ1) is 11.9. The van der Waals surface area contributed by atoms with Gasteiger partial charge in [-0.15, -0.1) is 0 Å². The number of rotatable bonds is 7. The lowest BCUT2D eigenvalue weighted by Crippen LogP contribution is -2.26. The normalized spacial score (nSPS) is 11.2. The summed E-state index contributed by atoms with van der Waals surface area (Å²) < 4.78 is 31.8. The van der Waals surface area contributed by atoms with Crippen LogP contribution in [0.15, 0.2) is 41.4 Å². The molecular formula is C17H21N3O4S. The van der Waals surface area contributed by atoms with Gasteiger partial charge in [0.05, 0.1) is 12.0 Å². The van der Waals surface area contributed by atoms with Crippen LogP contribution in [-0.4, -0.2) is 33.0 Å².